The molecule has 0 aliphatic carbocycles. The van der Waals surface area contributed by atoms with E-state index in [1.807, 2.05) is 12.1 Å². The maximum atomic E-state index is 12.0. The maximum Gasteiger partial charge on any atom is 0.251 e. The smallest absolute Gasteiger partial charge is 0.251 e. The summed E-state index contributed by atoms with van der Waals surface area (Å²) in [7, 11) is -3.11. The lowest BCUT2D eigenvalue weighted by Crippen LogP contribution is -2.28. The van der Waals surface area contributed by atoms with Crippen molar-refractivity contribution in [1.29, 1.82) is 0 Å². The number of nitrogens with one attached hydrogen (secondary N) is 1. The van der Waals surface area contributed by atoms with Gasteiger partial charge in [-0.1, -0.05) is 18.2 Å². The van der Waals surface area contributed by atoms with Crippen molar-refractivity contribution in [1.82, 2.24) is 5.32 Å². The van der Waals surface area contributed by atoms with Crippen molar-refractivity contribution < 1.29 is 22.7 Å². The van der Waals surface area contributed by atoms with Crippen LogP contribution in [0.2, 0.25) is 0 Å². The van der Waals surface area contributed by atoms with Crippen molar-refractivity contribution in [3.8, 4) is 16.9 Å². The van der Waals surface area contributed by atoms with Gasteiger partial charge in [0.1, 0.15) is 15.6 Å². The van der Waals surface area contributed by atoms with Gasteiger partial charge in [0, 0.05) is 24.8 Å². The summed E-state index contributed by atoms with van der Waals surface area (Å²) >= 11 is 0. The number of carbonyl (C=O) groups excluding carboxylic acids is 2. The molecular formula is C19H19NO5S. The van der Waals surface area contributed by atoms with Gasteiger partial charge < -0.3 is 10.1 Å². The van der Waals surface area contributed by atoms with Gasteiger partial charge in [0.2, 0.25) is 0 Å². The Bertz CT molecular complexity index is 948. The molecule has 0 atom stereocenters. The van der Waals surface area contributed by atoms with E-state index >= 15 is 0 Å². The number of hydrogen-bond acceptors (Lipinski definition) is 5. The number of carbonyl (C=O) groups is 2. The van der Waals surface area contributed by atoms with Gasteiger partial charge in [-0.05, 0) is 35.4 Å². The standard InChI is InChI=1S/C19H19NO5S/c1-26(23,24)11-9-20-19(22)14-4-2-13(3-5-14)15-6-7-16-17(21)8-10-25-18(16)12-15/h2-7,12H,8-11H2,1H3,(H,20,22). The van der Waals surface area contributed by atoms with Gasteiger partial charge in [0.05, 0.1) is 17.9 Å². The highest BCUT2D eigenvalue weighted by Gasteiger charge is 2.18. The van der Waals surface area contributed by atoms with Crippen LogP contribution >= 0.6 is 0 Å². The van der Waals surface area contributed by atoms with Gasteiger partial charge in [-0.15, -0.1) is 0 Å². The highest BCUT2D eigenvalue weighted by atomic mass is 32.2. The summed E-state index contributed by atoms with van der Waals surface area (Å²) in [6.45, 7) is 0.470. The summed E-state index contributed by atoms with van der Waals surface area (Å²) in [6.07, 6.45) is 1.53. The predicted octanol–water partition coefficient (Wildman–Crippen LogP) is 2.09. The molecule has 0 saturated heterocycles. The Kier molecular flexibility index (Phi) is 5.08. The molecule has 0 unspecified atom stereocenters. The summed E-state index contributed by atoms with van der Waals surface area (Å²) in [4.78, 5) is 23.9. The van der Waals surface area contributed by atoms with Gasteiger partial charge in [-0.3, -0.25) is 9.59 Å². The maximum absolute atomic E-state index is 12.0. The molecule has 0 aromatic heterocycles. The number of ketones is 1. The van der Waals surface area contributed by atoms with Gasteiger partial charge in [0.25, 0.3) is 5.91 Å². The number of fused-ring (bicyclic) bond motifs is 1. The summed E-state index contributed by atoms with van der Waals surface area (Å²) in [6, 6.07) is 12.4. The number of benzene rings is 2. The molecule has 136 valence electrons. The number of rotatable bonds is 5. The van der Waals surface area contributed by atoms with Crippen LogP contribution in [0.1, 0.15) is 27.1 Å². The van der Waals surface area contributed by atoms with E-state index < -0.39 is 9.84 Å². The fraction of sp³-hybridized carbons (Fsp3) is 0.263. The van der Waals surface area contributed by atoms with Gasteiger partial charge in [0.15, 0.2) is 5.78 Å². The van der Waals surface area contributed by atoms with Crippen LogP contribution in [0.25, 0.3) is 11.1 Å². The van der Waals surface area contributed by atoms with Gasteiger partial charge in [-0.2, -0.15) is 0 Å². The van der Waals surface area contributed by atoms with Crippen molar-refractivity contribution in [2.24, 2.45) is 0 Å². The SMILES string of the molecule is CS(=O)(=O)CCNC(=O)c1ccc(-c2ccc3c(c2)OCCC3=O)cc1. The van der Waals surface area contributed by atoms with Crippen LogP contribution in [-0.4, -0.2) is 45.3 Å². The second kappa shape index (κ2) is 7.29. The molecule has 0 saturated carbocycles. The van der Waals surface area contributed by atoms with E-state index in [0.29, 0.717) is 29.9 Å². The molecule has 0 spiro atoms. The summed E-state index contributed by atoms with van der Waals surface area (Å²) in [5.74, 6) is 0.254. The molecule has 6 nitrogen and oxygen atoms in total. The fourth-order valence-electron chi connectivity index (χ4n) is 2.71. The van der Waals surface area contributed by atoms with Crippen LogP contribution in [0.4, 0.5) is 0 Å². The fourth-order valence-corrected chi connectivity index (χ4v) is 3.18. The van der Waals surface area contributed by atoms with Crippen molar-refractivity contribution in [2.45, 2.75) is 6.42 Å². The van der Waals surface area contributed by atoms with Crippen LogP contribution < -0.4 is 10.1 Å². The average Bonchev–Trinajstić information content (AvgIpc) is 2.60. The van der Waals surface area contributed by atoms with Crippen LogP contribution in [0, 0.1) is 0 Å². The third kappa shape index (κ3) is 4.29. The first kappa shape index (κ1) is 18.1. The zero-order valence-electron chi connectivity index (χ0n) is 14.3. The van der Waals surface area contributed by atoms with Crippen LogP contribution in [0.3, 0.4) is 0 Å². The average molecular weight is 373 g/mol. The predicted molar refractivity (Wildman–Crippen MR) is 98.4 cm³/mol. The van der Waals surface area contributed by atoms with Crippen LogP contribution in [0.15, 0.2) is 42.5 Å². The third-order valence-electron chi connectivity index (χ3n) is 4.11. The Balaban J connectivity index is 1.71. The molecule has 1 amide bonds. The van der Waals surface area contributed by atoms with Crippen LogP contribution in [-0.2, 0) is 9.84 Å². The first-order valence-electron chi connectivity index (χ1n) is 8.20. The van der Waals surface area contributed by atoms with Crippen molar-refractivity contribution in [3.63, 3.8) is 0 Å². The van der Waals surface area contributed by atoms with Crippen molar-refractivity contribution >= 4 is 21.5 Å². The Labute approximate surface area is 152 Å². The van der Waals surface area contributed by atoms with E-state index in [4.69, 9.17) is 4.74 Å². The normalized spacial score (nSPS) is 13.7. The Morgan fingerprint density at radius 2 is 1.81 bits per heavy atom. The van der Waals surface area contributed by atoms with E-state index in [1.54, 1.807) is 30.3 Å². The van der Waals surface area contributed by atoms with Gasteiger partial charge >= 0.3 is 0 Å². The zero-order chi connectivity index (χ0) is 18.7. The highest BCUT2D eigenvalue weighted by Crippen LogP contribution is 2.30. The minimum Gasteiger partial charge on any atom is -0.492 e. The molecule has 0 radical (unpaired) electrons. The second-order valence-corrected chi connectivity index (χ2v) is 8.46. The van der Waals surface area contributed by atoms with E-state index in [-0.39, 0.29) is 24.0 Å². The molecule has 1 aliphatic heterocycles. The molecule has 26 heavy (non-hydrogen) atoms. The Morgan fingerprint density at radius 3 is 2.50 bits per heavy atom. The van der Waals surface area contributed by atoms with Crippen molar-refractivity contribution in [3.05, 3.63) is 53.6 Å². The molecular weight excluding hydrogens is 354 g/mol. The Morgan fingerprint density at radius 1 is 1.12 bits per heavy atom. The summed E-state index contributed by atoms with van der Waals surface area (Å²) in [5, 5.41) is 2.58. The number of ether oxygens (including phenoxy) is 1. The van der Waals surface area contributed by atoms with E-state index in [2.05, 4.69) is 5.32 Å². The lowest BCUT2D eigenvalue weighted by Gasteiger charge is -2.17. The van der Waals surface area contributed by atoms with E-state index in [9.17, 15) is 18.0 Å². The van der Waals surface area contributed by atoms with E-state index in [0.717, 1.165) is 17.4 Å². The number of hydrogen-bond donors (Lipinski definition) is 1. The number of Topliss-reactive ketones (excluding diaryl/α,β-unsaturated/α-hetero) is 1. The largest absolute Gasteiger partial charge is 0.492 e. The quantitative estimate of drug-likeness (QED) is 0.867. The molecule has 0 fully saturated rings. The third-order valence-corrected chi connectivity index (χ3v) is 5.05. The first-order valence-corrected chi connectivity index (χ1v) is 10.3. The van der Waals surface area contributed by atoms with Gasteiger partial charge in [-0.25, -0.2) is 8.42 Å². The summed E-state index contributed by atoms with van der Waals surface area (Å²) in [5.41, 5.74) is 2.83. The topological polar surface area (TPSA) is 89.5 Å². The Hall–Kier alpha value is -2.67. The monoisotopic (exact) mass is 373 g/mol. The molecule has 2 aromatic carbocycles. The minimum absolute atomic E-state index is 0.0790. The molecule has 1 aliphatic rings. The van der Waals surface area contributed by atoms with E-state index in [1.165, 1.54) is 0 Å². The van der Waals surface area contributed by atoms with Crippen LogP contribution in [0.5, 0.6) is 5.75 Å². The zero-order valence-corrected chi connectivity index (χ0v) is 15.1. The number of amides is 1. The molecule has 3 rings (SSSR count). The molecule has 7 heteroatoms. The second-order valence-electron chi connectivity index (χ2n) is 6.20. The summed E-state index contributed by atoms with van der Waals surface area (Å²) < 4.78 is 27.7. The number of sulfone groups is 1. The lowest BCUT2D eigenvalue weighted by molar-refractivity contribution is 0.0930. The lowest BCUT2D eigenvalue weighted by atomic mass is 9.98. The first-order chi connectivity index (χ1) is 12.3. The van der Waals surface area contributed by atoms with Crippen molar-refractivity contribution in [2.75, 3.05) is 25.2 Å². The highest BCUT2D eigenvalue weighted by molar-refractivity contribution is 7.90. The molecule has 0 bridgehead atoms. The molecule has 1 heterocycles. The minimum atomic E-state index is -3.11. The molecule has 1 N–H and O–H groups in total. The molecule has 2 aromatic rings.